The smallest absolute Gasteiger partial charge is 0.216 e. The van der Waals surface area contributed by atoms with E-state index >= 15 is 0 Å². The largest absolute Gasteiger partial charge is 0.395 e. The van der Waals surface area contributed by atoms with Crippen molar-refractivity contribution in [2.24, 2.45) is 0 Å². The Hall–Kier alpha value is -0.430. The van der Waals surface area contributed by atoms with Crippen molar-refractivity contribution in [3.05, 3.63) is 12.7 Å². The minimum absolute atomic E-state index is 0.242. The van der Waals surface area contributed by atoms with Gasteiger partial charge in [-0.15, -0.1) is 6.58 Å². The molecule has 0 spiro atoms. The van der Waals surface area contributed by atoms with E-state index < -0.39 is 10.0 Å². The summed E-state index contributed by atoms with van der Waals surface area (Å²) in [5.74, 6) is -0.259. The zero-order valence-electron chi connectivity index (χ0n) is 8.35. The molecular weight excluding hydrogens is 206 g/mol. The lowest BCUT2D eigenvalue weighted by atomic mass is 10.6. The number of hydrogen-bond acceptors (Lipinski definition) is 4. The normalized spacial score (nSPS) is 11.9. The van der Waals surface area contributed by atoms with E-state index in [2.05, 4.69) is 6.58 Å². The molecule has 0 heterocycles. The molecule has 14 heavy (non-hydrogen) atoms. The zero-order chi connectivity index (χ0) is 11.0. The van der Waals surface area contributed by atoms with Crippen molar-refractivity contribution < 1.29 is 18.3 Å². The predicted molar refractivity (Wildman–Crippen MR) is 54.5 cm³/mol. The quantitative estimate of drug-likeness (QED) is 0.560. The maximum absolute atomic E-state index is 11.5. The number of aliphatic hydroxyl groups excluding tert-OH is 1. The van der Waals surface area contributed by atoms with Crippen LogP contribution in [-0.4, -0.2) is 57.0 Å². The standard InChI is InChI=1S/C8H17NO4S/c1-3-4-9(5-7-13-2)14(11,12)8-6-10/h3,10H,1,4-8H2,2H3. The van der Waals surface area contributed by atoms with Gasteiger partial charge in [-0.1, -0.05) is 6.08 Å². The minimum atomic E-state index is -3.37. The summed E-state index contributed by atoms with van der Waals surface area (Å²) in [5, 5.41) is 8.58. The third kappa shape index (κ3) is 4.71. The Labute approximate surface area is 85.0 Å². The average Bonchev–Trinajstić information content (AvgIpc) is 2.11. The minimum Gasteiger partial charge on any atom is -0.395 e. The third-order valence-electron chi connectivity index (χ3n) is 1.62. The highest BCUT2D eigenvalue weighted by molar-refractivity contribution is 7.89. The second-order valence-corrected chi connectivity index (χ2v) is 4.77. The third-order valence-corrected chi connectivity index (χ3v) is 3.44. The molecule has 0 aromatic heterocycles. The predicted octanol–water partition coefficient (Wildman–Crippen LogP) is -0.557. The maximum Gasteiger partial charge on any atom is 0.216 e. The van der Waals surface area contributed by atoms with E-state index in [4.69, 9.17) is 9.84 Å². The average molecular weight is 223 g/mol. The highest BCUT2D eigenvalue weighted by atomic mass is 32.2. The first kappa shape index (κ1) is 13.6. The molecule has 0 rings (SSSR count). The Morgan fingerprint density at radius 1 is 1.57 bits per heavy atom. The van der Waals surface area contributed by atoms with E-state index in [0.717, 1.165) is 0 Å². The van der Waals surface area contributed by atoms with Gasteiger partial charge in [0.15, 0.2) is 0 Å². The number of aliphatic hydroxyl groups is 1. The Bertz CT molecular complexity index is 250. The van der Waals surface area contributed by atoms with Gasteiger partial charge in [0.2, 0.25) is 10.0 Å². The summed E-state index contributed by atoms with van der Waals surface area (Å²) in [6, 6.07) is 0. The zero-order valence-corrected chi connectivity index (χ0v) is 9.16. The number of ether oxygens (including phenoxy) is 1. The first-order valence-corrected chi connectivity index (χ1v) is 5.88. The van der Waals surface area contributed by atoms with E-state index in [9.17, 15) is 8.42 Å². The van der Waals surface area contributed by atoms with E-state index in [1.807, 2.05) is 0 Å². The van der Waals surface area contributed by atoms with E-state index in [1.165, 1.54) is 17.5 Å². The molecule has 0 unspecified atom stereocenters. The highest BCUT2D eigenvalue weighted by Gasteiger charge is 2.19. The first-order valence-electron chi connectivity index (χ1n) is 4.27. The van der Waals surface area contributed by atoms with Crippen LogP contribution >= 0.6 is 0 Å². The van der Waals surface area contributed by atoms with Gasteiger partial charge in [0.05, 0.1) is 19.0 Å². The fraction of sp³-hybridized carbons (Fsp3) is 0.750. The molecule has 0 aromatic rings. The van der Waals surface area contributed by atoms with Gasteiger partial charge in [-0.3, -0.25) is 0 Å². The number of methoxy groups -OCH3 is 1. The van der Waals surface area contributed by atoms with Gasteiger partial charge in [-0.25, -0.2) is 8.42 Å². The Morgan fingerprint density at radius 3 is 2.64 bits per heavy atom. The molecule has 84 valence electrons. The van der Waals surface area contributed by atoms with Crippen LogP contribution in [0, 0.1) is 0 Å². The summed E-state index contributed by atoms with van der Waals surface area (Å²) in [6.07, 6.45) is 1.50. The van der Waals surface area contributed by atoms with E-state index in [-0.39, 0.29) is 25.4 Å². The van der Waals surface area contributed by atoms with Crippen LogP contribution in [-0.2, 0) is 14.8 Å². The summed E-state index contributed by atoms with van der Waals surface area (Å²) in [4.78, 5) is 0. The van der Waals surface area contributed by atoms with Gasteiger partial charge in [0.1, 0.15) is 0 Å². The van der Waals surface area contributed by atoms with Crippen molar-refractivity contribution in [2.75, 3.05) is 39.2 Å². The number of nitrogens with zero attached hydrogens (tertiary/aromatic N) is 1. The lowest BCUT2D eigenvalue weighted by Gasteiger charge is -2.19. The molecule has 0 fully saturated rings. The van der Waals surface area contributed by atoms with Crippen LogP contribution in [0.2, 0.25) is 0 Å². The molecule has 0 atom stereocenters. The summed E-state index contributed by atoms with van der Waals surface area (Å²) in [7, 11) is -1.87. The van der Waals surface area contributed by atoms with Crippen LogP contribution in [0.4, 0.5) is 0 Å². The monoisotopic (exact) mass is 223 g/mol. The molecule has 6 heteroatoms. The fourth-order valence-electron chi connectivity index (χ4n) is 0.925. The van der Waals surface area contributed by atoms with Crippen molar-refractivity contribution in [3.63, 3.8) is 0 Å². The molecule has 0 bridgehead atoms. The Kier molecular flexibility index (Phi) is 6.73. The summed E-state index contributed by atoms with van der Waals surface area (Å²) in [6.45, 7) is 3.96. The lowest BCUT2D eigenvalue weighted by molar-refractivity contribution is 0.181. The van der Waals surface area contributed by atoms with Gasteiger partial charge in [-0.05, 0) is 0 Å². The van der Waals surface area contributed by atoms with Crippen LogP contribution in [0.25, 0.3) is 0 Å². The molecule has 0 saturated carbocycles. The molecule has 0 saturated heterocycles. The number of rotatable bonds is 8. The number of hydrogen-bond donors (Lipinski definition) is 1. The lowest BCUT2D eigenvalue weighted by Crippen LogP contribution is -2.36. The second kappa shape index (κ2) is 6.94. The molecule has 0 radical (unpaired) electrons. The van der Waals surface area contributed by atoms with Gasteiger partial charge < -0.3 is 9.84 Å². The molecule has 0 aliphatic carbocycles. The van der Waals surface area contributed by atoms with Crippen molar-refractivity contribution in [1.29, 1.82) is 0 Å². The molecule has 0 aliphatic rings. The molecular formula is C8H17NO4S. The first-order chi connectivity index (χ1) is 6.58. The van der Waals surface area contributed by atoms with Crippen LogP contribution < -0.4 is 0 Å². The Balaban J connectivity index is 4.37. The van der Waals surface area contributed by atoms with Crippen molar-refractivity contribution in [2.45, 2.75) is 0 Å². The highest BCUT2D eigenvalue weighted by Crippen LogP contribution is 2.01. The molecule has 0 aliphatic heterocycles. The van der Waals surface area contributed by atoms with Crippen molar-refractivity contribution >= 4 is 10.0 Å². The summed E-state index contributed by atoms with van der Waals surface area (Å²) >= 11 is 0. The summed E-state index contributed by atoms with van der Waals surface area (Å²) < 4.78 is 29.0. The second-order valence-electron chi connectivity index (χ2n) is 2.68. The molecule has 1 N–H and O–H groups in total. The van der Waals surface area contributed by atoms with E-state index in [0.29, 0.717) is 6.61 Å². The van der Waals surface area contributed by atoms with Crippen LogP contribution in [0.1, 0.15) is 0 Å². The van der Waals surface area contributed by atoms with Crippen molar-refractivity contribution in [3.8, 4) is 0 Å². The molecule has 0 aromatic carbocycles. The van der Waals surface area contributed by atoms with Crippen molar-refractivity contribution in [1.82, 2.24) is 4.31 Å². The molecule has 0 amide bonds. The van der Waals surface area contributed by atoms with Gasteiger partial charge >= 0.3 is 0 Å². The number of sulfonamides is 1. The van der Waals surface area contributed by atoms with Gasteiger partial charge in [0, 0.05) is 20.2 Å². The summed E-state index contributed by atoms with van der Waals surface area (Å²) in [5.41, 5.74) is 0. The van der Waals surface area contributed by atoms with Crippen LogP contribution in [0.5, 0.6) is 0 Å². The van der Waals surface area contributed by atoms with Gasteiger partial charge in [-0.2, -0.15) is 4.31 Å². The Morgan fingerprint density at radius 2 is 2.21 bits per heavy atom. The van der Waals surface area contributed by atoms with Gasteiger partial charge in [0.25, 0.3) is 0 Å². The maximum atomic E-state index is 11.5. The molecule has 5 nitrogen and oxygen atoms in total. The SMILES string of the molecule is C=CCN(CCOC)S(=O)(=O)CCO. The fourth-order valence-corrected chi connectivity index (χ4v) is 2.10. The van der Waals surface area contributed by atoms with Crippen LogP contribution in [0.15, 0.2) is 12.7 Å². The van der Waals surface area contributed by atoms with E-state index in [1.54, 1.807) is 0 Å². The van der Waals surface area contributed by atoms with Crippen LogP contribution in [0.3, 0.4) is 0 Å². The topological polar surface area (TPSA) is 66.8 Å².